The van der Waals surface area contributed by atoms with Gasteiger partial charge in [-0.25, -0.2) is 8.42 Å². The van der Waals surface area contributed by atoms with Crippen molar-refractivity contribution in [3.63, 3.8) is 0 Å². The Morgan fingerprint density at radius 1 is 1.53 bits per heavy atom. The van der Waals surface area contributed by atoms with E-state index in [1.54, 1.807) is 6.92 Å². The minimum atomic E-state index is -2.85. The fraction of sp³-hybridized carbons (Fsp3) is 1.00. The van der Waals surface area contributed by atoms with E-state index in [-0.39, 0.29) is 17.5 Å². The first-order chi connectivity index (χ1) is 6.76. The van der Waals surface area contributed by atoms with E-state index in [0.717, 1.165) is 0 Å². The molecular formula is C10H21NO3S. The summed E-state index contributed by atoms with van der Waals surface area (Å²) in [5.41, 5.74) is -0.713. The second-order valence-corrected chi connectivity index (χ2v) is 7.01. The van der Waals surface area contributed by atoms with Gasteiger partial charge in [-0.05, 0) is 20.3 Å². The van der Waals surface area contributed by atoms with E-state index >= 15 is 0 Å². The Bertz CT molecular complexity index is 311. The van der Waals surface area contributed by atoms with Crippen molar-refractivity contribution in [2.75, 3.05) is 24.6 Å². The quantitative estimate of drug-likeness (QED) is 0.762. The minimum absolute atomic E-state index is 0.0155. The molecule has 1 heterocycles. The Kier molecular flexibility index (Phi) is 3.79. The zero-order chi connectivity index (χ0) is 11.7. The molecule has 0 saturated carbocycles. The zero-order valence-corrected chi connectivity index (χ0v) is 10.5. The molecule has 1 rings (SSSR count). The molecule has 0 aromatic carbocycles. The molecule has 1 fully saturated rings. The summed E-state index contributed by atoms with van der Waals surface area (Å²) >= 11 is 0. The molecule has 0 amide bonds. The molecule has 0 aliphatic carbocycles. The Morgan fingerprint density at radius 2 is 2.13 bits per heavy atom. The topological polar surface area (TPSA) is 57.6 Å². The van der Waals surface area contributed by atoms with Crippen LogP contribution in [0.3, 0.4) is 0 Å². The van der Waals surface area contributed by atoms with Gasteiger partial charge in [-0.2, -0.15) is 0 Å². The molecule has 0 bridgehead atoms. The van der Waals surface area contributed by atoms with E-state index in [2.05, 4.69) is 4.90 Å². The number of nitrogens with zero attached hydrogens (tertiary/aromatic N) is 1. The monoisotopic (exact) mass is 235 g/mol. The van der Waals surface area contributed by atoms with Crippen LogP contribution in [0.25, 0.3) is 0 Å². The number of rotatable bonds is 3. The lowest BCUT2D eigenvalue weighted by atomic mass is 10.0. The van der Waals surface area contributed by atoms with Crippen molar-refractivity contribution in [1.82, 2.24) is 4.90 Å². The second-order valence-electron chi connectivity index (χ2n) is 4.78. The number of aliphatic hydroxyl groups is 1. The third-order valence-electron chi connectivity index (χ3n) is 3.11. The summed E-state index contributed by atoms with van der Waals surface area (Å²) in [6.07, 6.45) is 0.684. The Morgan fingerprint density at radius 3 is 2.60 bits per heavy atom. The highest BCUT2D eigenvalue weighted by atomic mass is 32.2. The van der Waals surface area contributed by atoms with Crippen molar-refractivity contribution in [2.24, 2.45) is 0 Å². The molecular weight excluding hydrogens is 214 g/mol. The van der Waals surface area contributed by atoms with Crippen molar-refractivity contribution < 1.29 is 13.5 Å². The van der Waals surface area contributed by atoms with Crippen LogP contribution in [0.4, 0.5) is 0 Å². The summed E-state index contributed by atoms with van der Waals surface area (Å²) in [4.78, 5) is 2.06. The van der Waals surface area contributed by atoms with Crippen LogP contribution in [-0.2, 0) is 9.84 Å². The fourth-order valence-electron chi connectivity index (χ4n) is 1.82. The average Bonchev–Trinajstić information content (AvgIpc) is 2.09. The maximum absolute atomic E-state index is 11.4. The normalized spacial score (nSPS) is 31.1. The van der Waals surface area contributed by atoms with Gasteiger partial charge < -0.3 is 5.11 Å². The van der Waals surface area contributed by atoms with Crippen LogP contribution in [0, 0.1) is 0 Å². The van der Waals surface area contributed by atoms with E-state index in [9.17, 15) is 13.5 Å². The van der Waals surface area contributed by atoms with Crippen molar-refractivity contribution in [1.29, 1.82) is 0 Å². The first-order valence-electron chi connectivity index (χ1n) is 5.42. The second kappa shape index (κ2) is 4.39. The third-order valence-corrected chi connectivity index (χ3v) is 4.91. The lowest BCUT2D eigenvalue weighted by molar-refractivity contribution is 0.00826. The lowest BCUT2D eigenvalue weighted by Gasteiger charge is -2.37. The molecule has 90 valence electrons. The van der Waals surface area contributed by atoms with Gasteiger partial charge in [0.15, 0.2) is 9.84 Å². The van der Waals surface area contributed by atoms with Gasteiger partial charge >= 0.3 is 0 Å². The Labute approximate surface area is 92.2 Å². The molecule has 0 aromatic rings. The molecule has 1 aliphatic rings. The zero-order valence-electron chi connectivity index (χ0n) is 9.73. The third kappa shape index (κ3) is 3.74. The van der Waals surface area contributed by atoms with Crippen LogP contribution >= 0.6 is 0 Å². The Balaban J connectivity index is 2.60. The predicted molar refractivity (Wildman–Crippen MR) is 60.6 cm³/mol. The van der Waals surface area contributed by atoms with Gasteiger partial charge in [-0.15, -0.1) is 0 Å². The van der Waals surface area contributed by atoms with E-state index in [0.29, 0.717) is 19.5 Å². The molecule has 1 aliphatic heterocycles. The summed E-state index contributed by atoms with van der Waals surface area (Å²) in [5.74, 6) is 0.434. The van der Waals surface area contributed by atoms with Gasteiger partial charge in [0.1, 0.15) is 0 Å². The van der Waals surface area contributed by atoms with Crippen LogP contribution < -0.4 is 0 Å². The molecule has 4 nitrogen and oxygen atoms in total. The molecule has 1 N–H and O–H groups in total. The molecule has 15 heavy (non-hydrogen) atoms. The van der Waals surface area contributed by atoms with Crippen LogP contribution in [0.1, 0.15) is 27.2 Å². The summed E-state index contributed by atoms with van der Waals surface area (Å²) < 4.78 is 22.7. The maximum Gasteiger partial charge on any atom is 0.153 e. The first kappa shape index (κ1) is 12.9. The summed E-state index contributed by atoms with van der Waals surface area (Å²) in [6.45, 7) is 6.73. The predicted octanol–water partition coefficient (Wildman–Crippen LogP) is 0.266. The highest BCUT2D eigenvalue weighted by Crippen LogP contribution is 2.17. The van der Waals surface area contributed by atoms with Gasteiger partial charge in [-0.1, -0.05) is 6.92 Å². The molecule has 1 saturated heterocycles. The van der Waals surface area contributed by atoms with Gasteiger partial charge in [0.05, 0.1) is 17.1 Å². The van der Waals surface area contributed by atoms with Crippen molar-refractivity contribution in [3.8, 4) is 0 Å². The van der Waals surface area contributed by atoms with Gasteiger partial charge in [0.25, 0.3) is 0 Å². The van der Waals surface area contributed by atoms with Crippen LogP contribution in [0.15, 0.2) is 0 Å². The standard InChI is InChI=1S/C10H21NO3S/c1-4-10(3,12)8-11-5-6-15(13,14)7-9(11)2/h9,12H,4-8H2,1-3H3. The summed E-state index contributed by atoms with van der Waals surface area (Å²) in [7, 11) is -2.85. The number of hydrogen-bond donors (Lipinski definition) is 1. The summed E-state index contributed by atoms with van der Waals surface area (Å²) in [6, 6.07) is 0.0155. The highest BCUT2D eigenvalue weighted by Gasteiger charge is 2.31. The van der Waals surface area contributed by atoms with Gasteiger partial charge in [-0.3, -0.25) is 4.90 Å². The first-order valence-corrected chi connectivity index (χ1v) is 7.25. The molecule has 5 heteroatoms. The number of sulfone groups is 1. The van der Waals surface area contributed by atoms with Crippen molar-refractivity contribution in [2.45, 2.75) is 38.8 Å². The fourth-order valence-corrected chi connectivity index (χ4v) is 3.44. The minimum Gasteiger partial charge on any atom is -0.389 e. The highest BCUT2D eigenvalue weighted by molar-refractivity contribution is 7.91. The maximum atomic E-state index is 11.4. The van der Waals surface area contributed by atoms with Gasteiger partial charge in [0, 0.05) is 19.1 Å². The van der Waals surface area contributed by atoms with E-state index in [4.69, 9.17) is 0 Å². The smallest absolute Gasteiger partial charge is 0.153 e. The Hall–Kier alpha value is -0.130. The van der Waals surface area contributed by atoms with Crippen molar-refractivity contribution in [3.05, 3.63) is 0 Å². The molecule has 0 radical (unpaired) electrons. The molecule has 2 atom stereocenters. The van der Waals surface area contributed by atoms with Crippen molar-refractivity contribution >= 4 is 9.84 Å². The number of hydrogen-bond acceptors (Lipinski definition) is 4. The molecule has 0 spiro atoms. The van der Waals surface area contributed by atoms with Crippen LogP contribution in [0.2, 0.25) is 0 Å². The van der Waals surface area contributed by atoms with Crippen LogP contribution in [-0.4, -0.2) is 54.7 Å². The lowest BCUT2D eigenvalue weighted by Crippen LogP contribution is -2.52. The summed E-state index contributed by atoms with van der Waals surface area (Å²) in [5, 5.41) is 9.93. The molecule has 2 unspecified atom stereocenters. The average molecular weight is 235 g/mol. The SMILES string of the molecule is CCC(C)(O)CN1CCS(=O)(=O)CC1C. The van der Waals surface area contributed by atoms with Crippen LogP contribution in [0.5, 0.6) is 0 Å². The van der Waals surface area contributed by atoms with E-state index in [1.807, 2.05) is 13.8 Å². The molecule has 0 aromatic heterocycles. The van der Waals surface area contributed by atoms with Gasteiger partial charge in [0.2, 0.25) is 0 Å². The largest absolute Gasteiger partial charge is 0.389 e. The van der Waals surface area contributed by atoms with E-state index in [1.165, 1.54) is 0 Å². The van der Waals surface area contributed by atoms with E-state index < -0.39 is 15.4 Å². The number of β-amino-alcohol motifs (C(OH)–C–C–N with tert-alkyl or cyclic N) is 1.